The molecule has 0 saturated carbocycles. The van der Waals surface area contributed by atoms with Gasteiger partial charge in [0.25, 0.3) is 0 Å². The number of thiazole rings is 1. The number of hydrogen-bond donors (Lipinski definition) is 1. The molecule has 1 fully saturated rings. The van der Waals surface area contributed by atoms with E-state index >= 15 is 0 Å². The van der Waals surface area contributed by atoms with Gasteiger partial charge in [-0.2, -0.15) is 0 Å². The molecule has 4 nitrogen and oxygen atoms in total. The van der Waals surface area contributed by atoms with Crippen molar-refractivity contribution in [3.8, 4) is 0 Å². The van der Waals surface area contributed by atoms with Crippen LogP contribution in [0.15, 0.2) is 6.20 Å². The molecular weight excluding hydrogens is 234 g/mol. The summed E-state index contributed by atoms with van der Waals surface area (Å²) in [6.07, 6.45) is 2.93. The molecule has 1 aromatic heterocycles. The van der Waals surface area contributed by atoms with E-state index in [0.717, 1.165) is 44.1 Å². The number of rotatable bonds is 4. The van der Waals surface area contributed by atoms with Crippen molar-refractivity contribution in [3.63, 3.8) is 0 Å². The summed E-state index contributed by atoms with van der Waals surface area (Å²) >= 11 is 1.73. The fourth-order valence-electron chi connectivity index (χ4n) is 1.80. The molecule has 0 spiro atoms. The van der Waals surface area contributed by atoms with E-state index in [2.05, 4.69) is 9.88 Å². The number of ether oxygens (including phenoxy) is 1. The first kappa shape index (κ1) is 13.0. The summed E-state index contributed by atoms with van der Waals surface area (Å²) in [7, 11) is 0. The summed E-state index contributed by atoms with van der Waals surface area (Å²) in [5.74, 6) is 0. The van der Waals surface area contributed by atoms with Gasteiger partial charge in [-0.3, -0.25) is 4.90 Å². The van der Waals surface area contributed by atoms with Crippen LogP contribution in [0.5, 0.6) is 0 Å². The maximum absolute atomic E-state index is 6.05. The Morgan fingerprint density at radius 3 is 2.76 bits per heavy atom. The van der Waals surface area contributed by atoms with Gasteiger partial charge in [-0.25, -0.2) is 4.98 Å². The molecule has 17 heavy (non-hydrogen) atoms. The van der Waals surface area contributed by atoms with Crippen molar-refractivity contribution in [2.75, 3.05) is 32.8 Å². The van der Waals surface area contributed by atoms with E-state index in [1.807, 2.05) is 20.0 Å². The van der Waals surface area contributed by atoms with Crippen LogP contribution in [0.4, 0.5) is 0 Å². The molecule has 2 N–H and O–H groups in total. The zero-order valence-corrected chi connectivity index (χ0v) is 11.4. The van der Waals surface area contributed by atoms with Gasteiger partial charge >= 0.3 is 0 Å². The molecule has 1 aromatic rings. The molecule has 1 saturated heterocycles. The Kier molecular flexibility index (Phi) is 4.14. The first-order valence-corrected chi connectivity index (χ1v) is 6.91. The summed E-state index contributed by atoms with van der Waals surface area (Å²) in [4.78, 5) is 8.04. The molecule has 0 bridgehead atoms. The van der Waals surface area contributed by atoms with Gasteiger partial charge in [0, 0.05) is 42.7 Å². The topological polar surface area (TPSA) is 51.4 Å². The van der Waals surface area contributed by atoms with E-state index in [4.69, 9.17) is 10.5 Å². The average molecular weight is 255 g/mol. The second kappa shape index (κ2) is 5.44. The van der Waals surface area contributed by atoms with Gasteiger partial charge in [0.1, 0.15) is 0 Å². The quantitative estimate of drug-likeness (QED) is 0.878. The molecule has 1 aliphatic rings. The lowest BCUT2D eigenvalue weighted by molar-refractivity contribution is 0.0384. The first-order chi connectivity index (χ1) is 8.05. The van der Waals surface area contributed by atoms with Crippen LogP contribution in [0, 0.1) is 0 Å². The monoisotopic (exact) mass is 255 g/mol. The number of morpholine rings is 1. The van der Waals surface area contributed by atoms with Crippen LogP contribution in [0.3, 0.4) is 0 Å². The van der Waals surface area contributed by atoms with Crippen molar-refractivity contribution in [1.29, 1.82) is 0 Å². The minimum atomic E-state index is -0.269. The third-order valence-corrected chi connectivity index (χ3v) is 4.33. The summed E-state index contributed by atoms with van der Waals surface area (Å²) in [6, 6.07) is 0. The average Bonchev–Trinajstić information content (AvgIpc) is 2.76. The number of hydrogen-bond acceptors (Lipinski definition) is 5. The van der Waals surface area contributed by atoms with Crippen LogP contribution < -0.4 is 5.73 Å². The van der Waals surface area contributed by atoms with Crippen LogP contribution in [-0.4, -0.2) is 42.7 Å². The van der Waals surface area contributed by atoms with E-state index in [9.17, 15) is 0 Å². The zero-order valence-electron chi connectivity index (χ0n) is 10.6. The van der Waals surface area contributed by atoms with Crippen molar-refractivity contribution in [2.24, 2.45) is 5.73 Å². The Labute approximate surface area is 107 Å². The highest BCUT2D eigenvalue weighted by molar-refractivity contribution is 7.11. The molecular formula is C12H21N3OS. The summed E-state index contributed by atoms with van der Waals surface area (Å²) in [5.41, 5.74) is 5.78. The lowest BCUT2D eigenvalue weighted by Gasteiger charge is -2.26. The van der Waals surface area contributed by atoms with Crippen LogP contribution in [0.1, 0.15) is 23.7 Å². The molecule has 1 aliphatic heterocycles. The molecule has 0 atom stereocenters. The second-order valence-corrected chi connectivity index (χ2v) is 6.16. The Morgan fingerprint density at radius 2 is 2.18 bits per heavy atom. The molecule has 0 aliphatic carbocycles. The molecule has 2 heterocycles. The van der Waals surface area contributed by atoms with Crippen LogP contribution in [0.2, 0.25) is 0 Å². The van der Waals surface area contributed by atoms with Crippen LogP contribution in [0.25, 0.3) is 0 Å². The predicted molar refractivity (Wildman–Crippen MR) is 70.3 cm³/mol. The maximum Gasteiger partial charge on any atom is 0.0941 e. The molecule has 0 aromatic carbocycles. The highest BCUT2D eigenvalue weighted by Gasteiger charge is 2.18. The molecule has 0 unspecified atom stereocenters. The van der Waals surface area contributed by atoms with Crippen molar-refractivity contribution in [1.82, 2.24) is 9.88 Å². The van der Waals surface area contributed by atoms with Gasteiger partial charge in [0.15, 0.2) is 0 Å². The summed E-state index contributed by atoms with van der Waals surface area (Å²) in [5, 5.41) is 1.19. The lowest BCUT2D eigenvalue weighted by atomic mass is 10.1. The van der Waals surface area contributed by atoms with E-state index < -0.39 is 0 Å². The molecule has 96 valence electrons. The number of nitrogens with two attached hydrogens (primary N) is 1. The van der Waals surface area contributed by atoms with Crippen molar-refractivity contribution < 1.29 is 4.74 Å². The zero-order chi connectivity index (χ0) is 12.3. The number of nitrogens with zero attached hydrogens (tertiary/aromatic N) is 2. The largest absolute Gasteiger partial charge is 0.379 e. The third kappa shape index (κ3) is 3.74. The van der Waals surface area contributed by atoms with Gasteiger partial charge in [0.2, 0.25) is 0 Å². The molecule has 5 heteroatoms. The maximum atomic E-state index is 6.05. The van der Waals surface area contributed by atoms with Gasteiger partial charge < -0.3 is 10.5 Å². The molecule has 0 radical (unpaired) electrons. The minimum absolute atomic E-state index is 0.269. The molecule has 0 amide bonds. The summed E-state index contributed by atoms with van der Waals surface area (Å²) in [6.45, 7) is 8.92. The Morgan fingerprint density at radius 1 is 1.47 bits per heavy atom. The fourth-order valence-corrected chi connectivity index (χ4v) is 2.72. The van der Waals surface area contributed by atoms with Gasteiger partial charge in [-0.1, -0.05) is 0 Å². The van der Waals surface area contributed by atoms with E-state index in [1.165, 1.54) is 5.01 Å². The summed E-state index contributed by atoms with van der Waals surface area (Å²) < 4.78 is 5.33. The third-order valence-electron chi connectivity index (χ3n) is 2.93. The smallest absolute Gasteiger partial charge is 0.0941 e. The van der Waals surface area contributed by atoms with Crippen LogP contribution >= 0.6 is 11.3 Å². The number of aromatic nitrogens is 1. The Bertz CT molecular complexity index is 353. The molecule has 2 rings (SSSR count). The fraction of sp³-hybridized carbons (Fsp3) is 0.750. The second-order valence-electron chi connectivity index (χ2n) is 5.04. The van der Waals surface area contributed by atoms with Gasteiger partial charge in [0.05, 0.1) is 18.2 Å². The highest BCUT2D eigenvalue weighted by Crippen LogP contribution is 2.24. The Balaban J connectivity index is 1.84. The first-order valence-electron chi connectivity index (χ1n) is 6.10. The van der Waals surface area contributed by atoms with E-state index in [-0.39, 0.29) is 5.54 Å². The van der Waals surface area contributed by atoms with Crippen molar-refractivity contribution in [2.45, 2.75) is 25.8 Å². The normalized spacial score (nSPS) is 18.5. The minimum Gasteiger partial charge on any atom is -0.379 e. The van der Waals surface area contributed by atoms with Gasteiger partial charge in [-0.05, 0) is 13.8 Å². The Hall–Kier alpha value is -0.490. The van der Waals surface area contributed by atoms with E-state index in [0.29, 0.717) is 0 Å². The van der Waals surface area contributed by atoms with Crippen molar-refractivity contribution >= 4 is 11.3 Å². The predicted octanol–water partition coefficient (Wildman–Crippen LogP) is 1.21. The van der Waals surface area contributed by atoms with Gasteiger partial charge in [-0.15, -0.1) is 11.3 Å². The van der Waals surface area contributed by atoms with Crippen molar-refractivity contribution in [3.05, 3.63) is 16.1 Å². The highest BCUT2D eigenvalue weighted by atomic mass is 32.1. The lowest BCUT2D eigenvalue weighted by Crippen LogP contribution is -2.37. The SMILES string of the molecule is CC(C)(N)c1cnc(CCN2CCOCC2)s1. The van der Waals surface area contributed by atoms with Crippen LogP contribution in [-0.2, 0) is 16.7 Å². The standard InChI is InChI=1S/C12H21N3OS/c1-12(2,13)10-9-14-11(17-10)3-4-15-5-7-16-8-6-15/h9H,3-8,13H2,1-2H3. The van der Waals surface area contributed by atoms with E-state index in [1.54, 1.807) is 11.3 Å².